The molecule has 0 aliphatic rings. The molecule has 19 heavy (non-hydrogen) atoms. The van der Waals surface area contributed by atoms with Gasteiger partial charge in [-0.25, -0.2) is 4.79 Å². The zero-order valence-corrected chi connectivity index (χ0v) is 10.5. The van der Waals surface area contributed by atoms with Gasteiger partial charge in [0.2, 0.25) is 0 Å². The zero-order valence-electron chi connectivity index (χ0n) is 10.5. The summed E-state index contributed by atoms with van der Waals surface area (Å²) in [5, 5.41) is 30.1. The van der Waals surface area contributed by atoms with E-state index in [0.29, 0.717) is 0 Å². The highest BCUT2D eigenvalue weighted by Gasteiger charge is 2.30. The van der Waals surface area contributed by atoms with Gasteiger partial charge in [-0.3, -0.25) is 14.3 Å². The second kappa shape index (κ2) is 5.87. The highest BCUT2D eigenvalue weighted by molar-refractivity contribution is 5.61. The fourth-order valence-corrected chi connectivity index (χ4v) is 1.56. The molecule has 0 bridgehead atoms. The third-order valence-electron chi connectivity index (χ3n) is 2.85. The molecule has 0 fully saturated rings. The number of rotatable bonds is 6. The van der Waals surface area contributed by atoms with Crippen LogP contribution in [-0.2, 0) is 6.54 Å². The molecular weight excluding hydrogens is 256 g/mol. The molecule has 0 aromatic carbocycles. The average Bonchev–Trinajstić information content (AvgIpc) is 2.40. The van der Waals surface area contributed by atoms with E-state index in [1.165, 1.54) is 0 Å². The minimum Gasteiger partial charge on any atom is -0.394 e. The number of nitrogens with two attached hydrogens (primary N) is 1. The Hall–Kier alpha value is -1.84. The van der Waals surface area contributed by atoms with Gasteiger partial charge in [-0.2, -0.15) is 0 Å². The van der Waals surface area contributed by atoms with Gasteiger partial charge in [-0.15, -0.1) is 0 Å². The van der Waals surface area contributed by atoms with E-state index < -0.39 is 36.6 Å². The quantitative estimate of drug-likeness (QED) is 0.329. The van der Waals surface area contributed by atoms with Gasteiger partial charge >= 0.3 is 5.69 Å². The van der Waals surface area contributed by atoms with Crippen molar-refractivity contribution in [3.05, 3.63) is 20.8 Å². The molecule has 0 unspecified atom stereocenters. The summed E-state index contributed by atoms with van der Waals surface area (Å²) in [5.41, 5.74) is 2.58. The van der Waals surface area contributed by atoms with E-state index in [-0.39, 0.29) is 18.1 Å². The maximum atomic E-state index is 11.7. The minimum atomic E-state index is -1.50. The van der Waals surface area contributed by atoms with E-state index in [1.807, 2.05) is 0 Å². The number of H-pyrrole nitrogens is 1. The Morgan fingerprint density at radius 1 is 1.26 bits per heavy atom. The van der Waals surface area contributed by atoms with Crippen molar-refractivity contribution in [1.82, 2.24) is 9.55 Å². The van der Waals surface area contributed by atoms with Crippen molar-refractivity contribution in [2.75, 3.05) is 30.9 Å². The lowest BCUT2D eigenvalue weighted by molar-refractivity contribution is 0.0833. The molecule has 1 heterocycles. The van der Waals surface area contributed by atoms with E-state index in [1.54, 1.807) is 6.92 Å². The standard InChI is InChI=1S/C10H18N4O5/c1-2-14-7(11)6(8(18)12-9(14)19)13-10(3-15,4-16)5-17/h13,15-17H,2-5,11H2,1H3,(H,12,18,19). The third-order valence-corrected chi connectivity index (χ3v) is 2.85. The van der Waals surface area contributed by atoms with Gasteiger partial charge in [0.25, 0.3) is 5.56 Å². The molecule has 0 atom stereocenters. The summed E-state index contributed by atoms with van der Waals surface area (Å²) in [6.45, 7) is 0.0378. The van der Waals surface area contributed by atoms with Crippen molar-refractivity contribution in [2.24, 2.45) is 0 Å². The second-order valence-electron chi connectivity index (χ2n) is 4.14. The molecular formula is C10H18N4O5. The molecule has 7 N–H and O–H groups in total. The first kappa shape index (κ1) is 15.2. The highest BCUT2D eigenvalue weighted by Crippen LogP contribution is 2.16. The summed E-state index contributed by atoms with van der Waals surface area (Å²) in [7, 11) is 0. The summed E-state index contributed by atoms with van der Waals surface area (Å²) in [6, 6.07) is 0. The molecule has 108 valence electrons. The lowest BCUT2D eigenvalue weighted by Gasteiger charge is -2.30. The van der Waals surface area contributed by atoms with Crippen molar-refractivity contribution < 1.29 is 15.3 Å². The summed E-state index contributed by atoms with van der Waals surface area (Å²) in [6.07, 6.45) is 0. The van der Waals surface area contributed by atoms with E-state index in [0.717, 1.165) is 4.57 Å². The van der Waals surface area contributed by atoms with Gasteiger partial charge < -0.3 is 26.4 Å². The number of aromatic nitrogens is 2. The van der Waals surface area contributed by atoms with Crippen molar-refractivity contribution in [3.8, 4) is 0 Å². The molecule has 0 saturated heterocycles. The van der Waals surface area contributed by atoms with Crippen LogP contribution >= 0.6 is 0 Å². The SMILES string of the molecule is CCn1c(N)c(NC(CO)(CO)CO)c(=O)[nH]c1=O. The smallest absolute Gasteiger partial charge is 0.330 e. The summed E-state index contributed by atoms with van der Waals surface area (Å²) in [5.74, 6) is -0.129. The van der Waals surface area contributed by atoms with Crippen LogP contribution in [0.1, 0.15) is 6.92 Å². The number of nitrogens with zero attached hydrogens (tertiary/aromatic N) is 1. The molecule has 0 saturated carbocycles. The van der Waals surface area contributed by atoms with Crippen molar-refractivity contribution in [2.45, 2.75) is 19.0 Å². The number of nitrogens with one attached hydrogen (secondary N) is 2. The van der Waals surface area contributed by atoms with E-state index in [9.17, 15) is 24.9 Å². The van der Waals surface area contributed by atoms with Crippen LogP contribution in [0.5, 0.6) is 0 Å². The van der Waals surface area contributed by atoms with E-state index in [4.69, 9.17) is 5.73 Å². The predicted octanol–water partition coefficient (Wildman–Crippen LogP) is -2.73. The van der Waals surface area contributed by atoms with Crippen LogP contribution in [0.4, 0.5) is 11.5 Å². The summed E-state index contributed by atoms with van der Waals surface area (Å²) >= 11 is 0. The number of hydrogen-bond donors (Lipinski definition) is 6. The van der Waals surface area contributed by atoms with Gasteiger partial charge in [0.15, 0.2) is 0 Å². The van der Waals surface area contributed by atoms with Crippen LogP contribution in [0, 0.1) is 0 Å². The van der Waals surface area contributed by atoms with Crippen LogP contribution in [0.2, 0.25) is 0 Å². The van der Waals surface area contributed by atoms with Crippen LogP contribution in [-0.4, -0.2) is 50.2 Å². The Labute approximate surface area is 108 Å². The molecule has 0 aliphatic carbocycles. The van der Waals surface area contributed by atoms with Crippen LogP contribution in [0.3, 0.4) is 0 Å². The molecule has 0 amide bonds. The largest absolute Gasteiger partial charge is 0.394 e. The van der Waals surface area contributed by atoms with Gasteiger partial charge in [0.05, 0.1) is 19.8 Å². The van der Waals surface area contributed by atoms with Crippen LogP contribution < -0.4 is 22.3 Å². The topological polar surface area (TPSA) is 154 Å². The van der Waals surface area contributed by atoms with Gasteiger partial charge in [0.1, 0.15) is 17.0 Å². The monoisotopic (exact) mass is 274 g/mol. The van der Waals surface area contributed by atoms with Crippen molar-refractivity contribution >= 4 is 11.5 Å². The number of aromatic amines is 1. The van der Waals surface area contributed by atoms with Gasteiger partial charge in [0, 0.05) is 6.54 Å². The van der Waals surface area contributed by atoms with Gasteiger partial charge in [-0.05, 0) is 6.92 Å². The number of aliphatic hydroxyl groups excluding tert-OH is 3. The fourth-order valence-electron chi connectivity index (χ4n) is 1.56. The number of hydrogen-bond acceptors (Lipinski definition) is 7. The van der Waals surface area contributed by atoms with Crippen molar-refractivity contribution in [3.63, 3.8) is 0 Å². The first-order valence-electron chi connectivity index (χ1n) is 5.68. The Kier molecular flexibility index (Phi) is 4.70. The summed E-state index contributed by atoms with van der Waals surface area (Å²) in [4.78, 5) is 25.2. The number of aliphatic hydroxyl groups is 3. The Balaban J connectivity index is 3.36. The lowest BCUT2D eigenvalue weighted by Crippen LogP contribution is -2.51. The van der Waals surface area contributed by atoms with Crippen molar-refractivity contribution in [1.29, 1.82) is 0 Å². The Morgan fingerprint density at radius 2 is 1.79 bits per heavy atom. The molecule has 0 spiro atoms. The van der Waals surface area contributed by atoms with Crippen LogP contribution in [0.15, 0.2) is 9.59 Å². The zero-order chi connectivity index (χ0) is 14.6. The van der Waals surface area contributed by atoms with Crippen LogP contribution in [0.25, 0.3) is 0 Å². The third kappa shape index (κ3) is 2.78. The predicted molar refractivity (Wildman–Crippen MR) is 69.0 cm³/mol. The van der Waals surface area contributed by atoms with Gasteiger partial charge in [-0.1, -0.05) is 0 Å². The summed E-state index contributed by atoms with van der Waals surface area (Å²) < 4.78 is 1.11. The van der Waals surface area contributed by atoms with E-state index >= 15 is 0 Å². The molecule has 1 rings (SSSR count). The molecule has 1 aromatic rings. The fraction of sp³-hybridized carbons (Fsp3) is 0.600. The molecule has 0 aliphatic heterocycles. The first-order valence-corrected chi connectivity index (χ1v) is 5.68. The molecule has 9 nitrogen and oxygen atoms in total. The minimum absolute atomic E-state index is 0.129. The number of anilines is 2. The lowest BCUT2D eigenvalue weighted by atomic mass is 10.0. The Bertz CT molecular complexity index is 538. The maximum Gasteiger partial charge on any atom is 0.330 e. The Morgan fingerprint density at radius 3 is 2.21 bits per heavy atom. The average molecular weight is 274 g/mol. The second-order valence-corrected chi connectivity index (χ2v) is 4.14. The van der Waals surface area contributed by atoms with E-state index in [2.05, 4.69) is 10.3 Å². The normalized spacial score (nSPS) is 11.6. The first-order chi connectivity index (χ1) is 8.94. The highest BCUT2D eigenvalue weighted by atomic mass is 16.3. The number of nitrogen functional groups attached to an aromatic ring is 1. The molecule has 0 radical (unpaired) electrons. The molecule has 1 aromatic heterocycles. The molecule has 9 heteroatoms. The maximum absolute atomic E-state index is 11.7.